The molecule has 0 aromatic heterocycles. The molecule has 1 rings (SSSR count). The van der Waals surface area contributed by atoms with E-state index in [2.05, 4.69) is 20.8 Å². The predicted octanol–water partition coefficient (Wildman–Crippen LogP) is 3.13. The van der Waals surface area contributed by atoms with Crippen LogP contribution in [0.5, 0.6) is 0 Å². The summed E-state index contributed by atoms with van der Waals surface area (Å²) in [6.45, 7) is 4.63. The number of benzene rings is 1. The van der Waals surface area contributed by atoms with E-state index in [4.69, 9.17) is 5.11 Å². The monoisotopic (exact) mass is 299 g/mol. The highest BCUT2D eigenvalue weighted by Gasteiger charge is 2.26. The number of carboxylic acids is 1. The van der Waals surface area contributed by atoms with E-state index in [1.165, 1.54) is 5.56 Å². The van der Waals surface area contributed by atoms with Gasteiger partial charge in [-0.25, -0.2) is 0 Å². The second-order valence-corrected chi connectivity index (χ2v) is 5.78. The van der Waals surface area contributed by atoms with Crippen LogP contribution >= 0.6 is 15.9 Å². The van der Waals surface area contributed by atoms with Gasteiger partial charge in [0, 0.05) is 16.6 Å². The molecule has 0 aliphatic heterocycles. The van der Waals surface area contributed by atoms with Crippen LogP contribution < -0.4 is 0 Å². The number of hydrogen-bond acceptors (Lipinski definition) is 2. The Morgan fingerprint density at radius 1 is 1.35 bits per heavy atom. The SMILES string of the molecule is CN(Cc1ccc(Br)cc1)C(C)(C)CC(=O)O. The van der Waals surface area contributed by atoms with Crippen molar-refractivity contribution in [3.05, 3.63) is 34.3 Å². The van der Waals surface area contributed by atoms with Crippen LogP contribution in [0.1, 0.15) is 25.8 Å². The van der Waals surface area contributed by atoms with Crippen LogP contribution in [-0.2, 0) is 11.3 Å². The summed E-state index contributed by atoms with van der Waals surface area (Å²) in [7, 11) is 1.95. The van der Waals surface area contributed by atoms with Crippen molar-refractivity contribution in [2.45, 2.75) is 32.4 Å². The van der Waals surface area contributed by atoms with Crippen molar-refractivity contribution >= 4 is 21.9 Å². The van der Waals surface area contributed by atoms with Gasteiger partial charge in [0.25, 0.3) is 0 Å². The van der Waals surface area contributed by atoms with E-state index < -0.39 is 5.97 Å². The van der Waals surface area contributed by atoms with Gasteiger partial charge in [-0.3, -0.25) is 9.69 Å². The van der Waals surface area contributed by atoms with Crippen molar-refractivity contribution in [1.29, 1.82) is 0 Å². The maximum atomic E-state index is 10.8. The van der Waals surface area contributed by atoms with E-state index in [0.29, 0.717) is 0 Å². The minimum Gasteiger partial charge on any atom is -0.481 e. The van der Waals surface area contributed by atoms with Crippen molar-refractivity contribution < 1.29 is 9.90 Å². The van der Waals surface area contributed by atoms with Gasteiger partial charge in [-0.2, -0.15) is 0 Å². The molecule has 17 heavy (non-hydrogen) atoms. The molecule has 0 spiro atoms. The maximum absolute atomic E-state index is 10.8. The Morgan fingerprint density at radius 2 is 1.88 bits per heavy atom. The zero-order valence-electron chi connectivity index (χ0n) is 10.4. The molecular formula is C13H18BrNO2. The van der Waals surface area contributed by atoms with Crippen LogP contribution in [0.15, 0.2) is 28.7 Å². The van der Waals surface area contributed by atoms with Gasteiger partial charge in [0.15, 0.2) is 0 Å². The highest BCUT2D eigenvalue weighted by atomic mass is 79.9. The Bertz CT molecular complexity index is 387. The van der Waals surface area contributed by atoms with Crippen molar-refractivity contribution in [1.82, 2.24) is 4.90 Å². The maximum Gasteiger partial charge on any atom is 0.305 e. The summed E-state index contributed by atoms with van der Waals surface area (Å²) < 4.78 is 1.05. The number of nitrogens with zero attached hydrogens (tertiary/aromatic N) is 1. The van der Waals surface area contributed by atoms with Gasteiger partial charge in [0.05, 0.1) is 6.42 Å². The van der Waals surface area contributed by atoms with Gasteiger partial charge in [-0.1, -0.05) is 28.1 Å². The fourth-order valence-corrected chi connectivity index (χ4v) is 1.85. The fraction of sp³-hybridized carbons (Fsp3) is 0.462. The van der Waals surface area contributed by atoms with Crippen LogP contribution in [0.25, 0.3) is 0 Å². The lowest BCUT2D eigenvalue weighted by Gasteiger charge is -2.34. The predicted molar refractivity (Wildman–Crippen MR) is 71.9 cm³/mol. The molecule has 0 aliphatic rings. The third-order valence-electron chi connectivity index (χ3n) is 2.95. The molecule has 1 aromatic rings. The fourth-order valence-electron chi connectivity index (χ4n) is 1.58. The van der Waals surface area contributed by atoms with Gasteiger partial charge >= 0.3 is 5.97 Å². The molecule has 0 fully saturated rings. The molecule has 0 saturated heterocycles. The van der Waals surface area contributed by atoms with Gasteiger partial charge in [-0.05, 0) is 38.6 Å². The molecule has 1 N–H and O–H groups in total. The second kappa shape index (κ2) is 5.65. The molecule has 0 bridgehead atoms. The third-order valence-corrected chi connectivity index (χ3v) is 3.48. The largest absolute Gasteiger partial charge is 0.481 e. The summed E-state index contributed by atoms with van der Waals surface area (Å²) in [5, 5.41) is 8.87. The van der Waals surface area contributed by atoms with Crippen molar-refractivity contribution in [2.24, 2.45) is 0 Å². The first-order valence-corrected chi connectivity index (χ1v) is 6.28. The third kappa shape index (κ3) is 4.48. The number of hydrogen-bond donors (Lipinski definition) is 1. The number of halogens is 1. The van der Waals surface area contributed by atoms with Crippen LogP contribution in [0.4, 0.5) is 0 Å². The summed E-state index contributed by atoms with van der Waals surface area (Å²) in [4.78, 5) is 12.8. The molecule has 4 heteroatoms. The quantitative estimate of drug-likeness (QED) is 0.908. The first kappa shape index (κ1) is 14.2. The van der Waals surface area contributed by atoms with Crippen molar-refractivity contribution in [3.8, 4) is 0 Å². The molecule has 3 nitrogen and oxygen atoms in total. The first-order chi connectivity index (χ1) is 7.81. The van der Waals surface area contributed by atoms with Crippen molar-refractivity contribution in [3.63, 3.8) is 0 Å². The van der Waals surface area contributed by atoms with Gasteiger partial charge in [-0.15, -0.1) is 0 Å². The van der Waals surface area contributed by atoms with Crippen LogP contribution in [0, 0.1) is 0 Å². The smallest absolute Gasteiger partial charge is 0.305 e. The molecule has 0 atom stereocenters. The molecule has 0 unspecified atom stereocenters. The number of rotatable bonds is 5. The summed E-state index contributed by atoms with van der Waals surface area (Å²) in [5.41, 5.74) is 0.827. The topological polar surface area (TPSA) is 40.5 Å². The molecule has 0 heterocycles. The summed E-state index contributed by atoms with van der Waals surface area (Å²) in [6.07, 6.45) is 0.139. The van der Waals surface area contributed by atoms with E-state index in [1.807, 2.05) is 45.2 Å². The zero-order valence-corrected chi connectivity index (χ0v) is 12.0. The van der Waals surface area contributed by atoms with E-state index in [9.17, 15) is 4.79 Å². The Hall–Kier alpha value is -0.870. The average molecular weight is 300 g/mol. The van der Waals surface area contributed by atoms with Crippen LogP contribution in [-0.4, -0.2) is 28.6 Å². The van der Waals surface area contributed by atoms with Gasteiger partial charge in [0.2, 0.25) is 0 Å². The molecule has 0 radical (unpaired) electrons. The Kier molecular flexibility index (Phi) is 4.71. The Balaban J connectivity index is 2.68. The highest BCUT2D eigenvalue weighted by molar-refractivity contribution is 9.10. The lowest BCUT2D eigenvalue weighted by molar-refractivity contribution is -0.139. The van der Waals surface area contributed by atoms with Crippen LogP contribution in [0.2, 0.25) is 0 Å². The molecule has 94 valence electrons. The standard InChI is InChI=1S/C13H18BrNO2/c1-13(2,8-12(16)17)15(3)9-10-4-6-11(14)7-5-10/h4-7H,8-9H2,1-3H3,(H,16,17). The van der Waals surface area contributed by atoms with Crippen LogP contribution in [0.3, 0.4) is 0 Å². The number of carbonyl (C=O) groups is 1. The lowest BCUT2D eigenvalue weighted by Crippen LogP contribution is -2.42. The van der Waals surface area contributed by atoms with E-state index in [1.54, 1.807) is 0 Å². The first-order valence-electron chi connectivity index (χ1n) is 5.49. The molecule has 0 aliphatic carbocycles. The number of carboxylic acid groups (broad SMARTS) is 1. The van der Waals surface area contributed by atoms with E-state index in [0.717, 1.165) is 11.0 Å². The van der Waals surface area contributed by atoms with E-state index >= 15 is 0 Å². The summed E-state index contributed by atoms with van der Waals surface area (Å²) in [6, 6.07) is 8.07. The normalized spacial score (nSPS) is 11.8. The van der Waals surface area contributed by atoms with Gasteiger partial charge < -0.3 is 5.11 Å². The van der Waals surface area contributed by atoms with Crippen molar-refractivity contribution in [2.75, 3.05) is 7.05 Å². The number of aliphatic carboxylic acids is 1. The summed E-state index contributed by atoms with van der Waals surface area (Å²) >= 11 is 3.39. The Morgan fingerprint density at radius 3 is 2.35 bits per heavy atom. The zero-order chi connectivity index (χ0) is 13.1. The average Bonchev–Trinajstić information content (AvgIpc) is 2.19. The highest BCUT2D eigenvalue weighted by Crippen LogP contribution is 2.20. The minimum atomic E-state index is -0.766. The second-order valence-electron chi connectivity index (χ2n) is 4.87. The molecule has 1 aromatic carbocycles. The minimum absolute atomic E-state index is 0.139. The van der Waals surface area contributed by atoms with Gasteiger partial charge in [0.1, 0.15) is 0 Å². The molecular weight excluding hydrogens is 282 g/mol. The lowest BCUT2D eigenvalue weighted by atomic mass is 9.98. The molecule has 0 saturated carbocycles. The summed E-state index contributed by atoms with van der Waals surface area (Å²) in [5.74, 6) is -0.766. The van der Waals surface area contributed by atoms with E-state index in [-0.39, 0.29) is 12.0 Å². The molecule has 0 amide bonds. The Labute approximate surface area is 111 Å².